The van der Waals surface area contributed by atoms with E-state index in [2.05, 4.69) is 20.3 Å². The molecule has 1 aliphatic heterocycles. The molecule has 2 heterocycles. The maximum absolute atomic E-state index is 13.6. The van der Waals surface area contributed by atoms with Crippen LogP contribution in [-0.4, -0.2) is 54.7 Å². The number of rotatable bonds is 10. The fraction of sp³-hybridized carbons (Fsp3) is 0.550. The summed E-state index contributed by atoms with van der Waals surface area (Å²) in [6, 6.07) is 1.61. The SMILES string of the molecule is CC(F)(F)OCCOc1nnc([C@@H]2CC[C@@H](NC(=O)COc3ccc(C(F)(F)F)c(F)c3)CO2)o1. The number of alkyl halides is 5. The van der Waals surface area contributed by atoms with Crippen LogP contribution in [0.25, 0.3) is 0 Å². The average molecular weight is 513 g/mol. The van der Waals surface area contributed by atoms with E-state index in [-0.39, 0.29) is 37.5 Å². The molecule has 1 N–H and O–H groups in total. The molecule has 194 valence electrons. The van der Waals surface area contributed by atoms with Crippen molar-refractivity contribution in [2.24, 2.45) is 0 Å². The number of amides is 1. The molecule has 1 fully saturated rings. The molecule has 2 atom stereocenters. The van der Waals surface area contributed by atoms with Gasteiger partial charge in [0.05, 0.1) is 24.8 Å². The zero-order valence-electron chi connectivity index (χ0n) is 18.2. The van der Waals surface area contributed by atoms with Crippen molar-refractivity contribution in [3.05, 3.63) is 35.5 Å². The fourth-order valence-electron chi connectivity index (χ4n) is 3.05. The molecule has 2 aromatic rings. The van der Waals surface area contributed by atoms with Crippen molar-refractivity contribution in [3.8, 4) is 11.8 Å². The first-order valence-corrected chi connectivity index (χ1v) is 10.3. The molecule has 1 aliphatic rings. The van der Waals surface area contributed by atoms with Gasteiger partial charge >= 0.3 is 18.4 Å². The Morgan fingerprint density at radius 1 is 1.14 bits per heavy atom. The van der Waals surface area contributed by atoms with E-state index in [1.165, 1.54) is 0 Å². The largest absolute Gasteiger partial charge is 0.484 e. The van der Waals surface area contributed by atoms with Gasteiger partial charge in [-0.15, -0.1) is 5.10 Å². The number of carbonyl (C=O) groups is 1. The average Bonchev–Trinajstić information content (AvgIpc) is 3.23. The topological polar surface area (TPSA) is 105 Å². The Bertz CT molecular complexity index is 988. The molecular formula is C20H21F6N3O6. The number of aromatic nitrogens is 2. The van der Waals surface area contributed by atoms with Gasteiger partial charge < -0.3 is 28.7 Å². The lowest BCUT2D eigenvalue weighted by molar-refractivity contribution is -0.226. The second-order valence-electron chi connectivity index (χ2n) is 7.50. The summed E-state index contributed by atoms with van der Waals surface area (Å²) >= 11 is 0. The first-order valence-electron chi connectivity index (χ1n) is 10.3. The Kier molecular flexibility index (Phi) is 8.43. The van der Waals surface area contributed by atoms with Crippen molar-refractivity contribution in [1.82, 2.24) is 15.5 Å². The third kappa shape index (κ3) is 8.28. The number of nitrogens with zero attached hydrogens (tertiary/aromatic N) is 2. The molecule has 1 aromatic heterocycles. The Hall–Kier alpha value is -3.07. The van der Waals surface area contributed by atoms with Crippen LogP contribution >= 0.6 is 0 Å². The van der Waals surface area contributed by atoms with Gasteiger partial charge in [0.1, 0.15) is 24.3 Å². The highest BCUT2D eigenvalue weighted by atomic mass is 19.4. The van der Waals surface area contributed by atoms with Crippen molar-refractivity contribution < 1.29 is 54.5 Å². The molecule has 0 bridgehead atoms. The third-order valence-corrected chi connectivity index (χ3v) is 4.62. The molecule has 35 heavy (non-hydrogen) atoms. The molecule has 1 amide bonds. The number of hydrogen-bond donors (Lipinski definition) is 1. The maximum Gasteiger partial charge on any atom is 0.419 e. The van der Waals surface area contributed by atoms with E-state index >= 15 is 0 Å². The summed E-state index contributed by atoms with van der Waals surface area (Å²) in [5, 5.41) is 10.0. The zero-order valence-corrected chi connectivity index (χ0v) is 18.2. The van der Waals surface area contributed by atoms with Crippen LogP contribution in [0.15, 0.2) is 22.6 Å². The highest BCUT2D eigenvalue weighted by Crippen LogP contribution is 2.33. The molecule has 0 unspecified atom stereocenters. The van der Waals surface area contributed by atoms with Crippen LogP contribution < -0.4 is 14.8 Å². The van der Waals surface area contributed by atoms with Gasteiger partial charge in [0.2, 0.25) is 5.89 Å². The van der Waals surface area contributed by atoms with E-state index < -0.39 is 48.3 Å². The van der Waals surface area contributed by atoms with Crippen molar-refractivity contribution in [2.75, 3.05) is 26.4 Å². The molecule has 9 nitrogen and oxygen atoms in total. The monoisotopic (exact) mass is 513 g/mol. The summed E-state index contributed by atoms with van der Waals surface area (Å²) in [5.74, 6) is -2.20. The second kappa shape index (κ2) is 11.1. The number of hydrogen-bond acceptors (Lipinski definition) is 8. The van der Waals surface area contributed by atoms with Crippen LogP contribution in [0.4, 0.5) is 26.3 Å². The first-order chi connectivity index (χ1) is 16.4. The number of halogens is 6. The second-order valence-corrected chi connectivity index (χ2v) is 7.50. The molecule has 0 radical (unpaired) electrons. The standard InChI is InChI=1S/C20H21F6N3O6/c1-19(22,23)34-7-6-31-18-29-28-17(35-18)15-5-2-11(9-33-15)27-16(30)10-32-12-3-4-13(14(21)8-12)20(24,25)26/h3-4,8,11,15H,2,5-7,9-10H2,1H3,(H,27,30)/t11-,15+/m1/s1. The van der Waals surface area contributed by atoms with Crippen molar-refractivity contribution in [1.29, 1.82) is 0 Å². The highest BCUT2D eigenvalue weighted by Gasteiger charge is 2.34. The molecule has 15 heteroatoms. The Morgan fingerprint density at radius 3 is 2.54 bits per heavy atom. The van der Waals surface area contributed by atoms with Gasteiger partial charge in [0, 0.05) is 13.0 Å². The van der Waals surface area contributed by atoms with Gasteiger partial charge in [-0.25, -0.2) is 4.39 Å². The highest BCUT2D eigenvalue weighted by molar-refractivity contribution is 5.77. The van der Waals surface area contributed by atoms with Crippen molar-refractivity contribution >= 4 is 5.91 Å². The van der Waals surface area contributed by atoms with Gasteiger partial charge in [-0.2, -0.15) is 22.0 Å². The fourth-order valence-corrected chi connectivity index (χ4v) is 3.05. The van der Waals surface area contributed by atoms with E-state index in [1.807, 2.05) is 0 Å². The number of benzene rings is 1. The Morgan fingerprint density at radius 2 is 1.91 bits per heavy atom. The van der Waals surface area contributed by atoms with Crippen LogP contribution in [0, 0.1) is 5.82 Å². The molecule has 1 aromatic carbocycles. The molecule has 0 spiro atoms. The van der Waals surface area contributed by atoms with Crippen LogP contribution in [0.3, 0.4) is 0 Å². The predicted molar refractivity (Wildman–Crippen MR) is 103 cm³/mol. The van der Waals surface area contributed by atoms with Crippen molar-refractivity contribution in [2.45, 2.75) is 44.2 Å². The molecule has 0 aliphatic carbocycles. The summed E-state index contributed by atoms with van der Waals surface area (Å²) in [6.07, 6.45) is -8.07. The van der Waals surface area contributed by atoms with Crippen LogP contribution in [-0.2, 0) is 20.4 Å². The van der Waals surface area contributed by atoms with E-state index in [0.29, 0.717) is 31.9 Å². The summed E-state index contributed by atoms with van der Waals surface area (Å²) in [6.45, 7) is -0.473. The van der Waals surface area contributed by atoms with Gasteiger partial charge in [-0.1, -0.05) is 5.10 Å². The van der Waals surface area contributed by atoms with Crippen LogP contribution in [0.1, 0.15) is 37.3 Å². The summed E-state index contributed by atoms with van der Waals surface area (Å²) in [7, 11) is 0. The van der Waals surface area contributed by atoms with Crippen LogP contribution in [0.2, 0.25) is 0 Å². The molecule has 0 saturated carbocycles. The summed E-state index contributed by atoms with van der Waals surface area (Å²) in [5.41, 5.74) is -1.43. The van der Waals surface area contributed by atoms with E-state index in [9.17, 15) is 31.1 Å². The van der Waals surface area contributed by atoms with E-state index in [1.54, 1.807) is 0 Å². The van der Waals surface area contributed by atoms with Gasteiger partial charge in [-0.3, -0.25) is 4.79 Å². The first kappa shape index (κ1) is 26.5. The van der Waals surface area contributed by atoms with E-state index in [4.69, 9.17) is 18.6 Å². The Labute approximate surface area is 194 Å². The number of ether oxygens (including phenoxy) is 4. The van der Waals surface area contributed by atoms with Crippen molar-refractivity contribution in [3.63, 3.8) is 0 Å². The Balaban J connectivity index is 1.38. The third-order valence-electron chi connectivity index (χ3n) is 4.62. The summed E-state index contributed by atoms with van der Waals surface area (Å²) in [4.78, 5) is 12.1. The van der Waals surface area contributed by atoms with Gasteiger partial charge in [0.15, 0.2) is 6.61 Å². The normalized spacial score (nSPS) is 18.8. The summed E-state index contributed by atoms with van der Waals surface area (Å²) < 4.78 is 102. The lowest BCUT2D eigenvalue weighted by atomic mass is 10.1. The molecule has 1 saturated heterocycles. The lowest BCUT2D eigenvalue weighted by Crippen LogP contribution is -2.43. The number of nitrogens with one attached hydrogen (secondary N) is 1. The minimum absolute atomic E-state index is 0.0866. The maximum atomic E-state index is 13.6. The predicted octanol–water partition coefficient (Wildman–Crippen LogP) is 3.65. The minimum Gasteiger partial charge on any atom is -0.484 e. The minimum atomic E-state index is -4.83. The molecular weight excluding hydrogens is 492 g/mol. The van der Waals surface area contributed by atoms with E-state index in [0.717, 1.165) is 6.07 Å². The lowest BCUT2D eigenvalue weighted by Gasteiger charge is -2.27. The van der Waals surface area contributed by atoms with Gasteiger partial charge in [0.25, 0.3) is 5.91 Å². The molecule has 3 rings (SSSR count). The smallest absolute Gasteiger partial charge is 0.419 e. The number of carbonyl (C=O) groups excluding carboxylic acids is 1. The quantitative estimate of drug-likeness (QED) is 0.379. The van der Waals surface area contributed by atoms with Gasteiger partial charge in [-0.05, 0) is 25.0 Å². The van der Waals surface area contributed by atoms with Crippen LogP contribution in [0.5, 0.6) is 11.8 Å². The zero-order chi connectivity index (χ0) is 25.6.